The van der Waals surface area contributed by atoms with E-state index in [1.165, 1.54) is 28.3 Å². The maximum atomic E-state index is 15.2. The second-order valence-corrected chi connectivity index (χ2v) is 19.6. The summed E-state index contributed by atoms with van der Waals surface area (Å²) in [5, 5.41) is 15.2. The molecule has 2 heterocycles. The summed E-state index contributed by atoms with van der Waals surface area (Å²) in [5.74, 6) is 0. The summed E-state index contributed by atoms with van der Waals surface area (Å²) in [6, 6.07) is 70.2. The average molecular weight is 952 g/mol. The van der Waals surface area contributed by atoms with E-state index in [4.69, 9.17) is 0 Å². The number of nitrogens with zero attached hydrogens (tertiary/aromatic N) is 3. The lowest BCUT2D eigenvalue weighted by molar-refractivity contribution is -0.137. The first-order chi connectivity index (χ1) is 35.3. The van der Waals surface area contributed by atoms with Crippen molar-refractivity contribution in [1.29, 1.82) is 5.26 Å². The molecule has 12 rings (SSSR count). The van der Waals surface area contributed by atoms with Crippen molar-refractivity contribution in [2.75, 3.05) is 0 Å². The molecule has 12 aromatic rings. The molecule has 0 atom stereocenters. The van der Waals surface area contributed by atoms with Crippen molar-refractivity contribution in [2.45, 2.75) is 40.8 Å². The molecule has 73 heavy (non-hydrogen) atoms. The summed E-state index contributed by atoms with van der Waals surface area (Å²) in [4.78, 5) is 0. The monoisotopic (exact) mass is 951 g/mol. The maximum absolute atomic E-state index is 15.2. The van der Waals surface area contributed by atoms with Crippen LogP contribution in [0.5, 0.6) is 0 Å². The van der Waals surface area contributed by atoms with Crippen LogP contribution < -0.4 is 0 Å². The number of fused-ring (bicyclic) bond motifs is 6. The van der Waals surface area contributed by atoms with Gasteiger partial charge in [-0.1, -0.05) is 156 Å². The Bertz CT molecular complexity index is 4000. The smallest absolute Gasteiger partial charge is 0.307 e. The van der Waals surface area contributed by atoms with E-state index in [1.807, 2.05) is 6.07 Å². The first kappa shape index (κ1) is 45.2. The first-order valence-electron chi connectivity index (χ1n) is 24.5. The SMILES string of the molecule is Cc1ccc(-c2ccc3c(c2)c2cc(-c4ccc(C)cc4)ccc2n3-c2cc(C#N)c(-c3c(C)cccc3C(F)(F)F)cc2-n2c3ccc(-c4ccc(C)cc4)cc3c3cc(-c4ccc(C)cc4)ccc32)cc1. The van der Waals surface area contributed by atoms with Gasteiger partial charge in [0, 0.05) is 27.1 Å². The van der Waals surface area contributed by atoms with Crippen molar-refractivity contribution < 1.29 is 13.2 Å². The van der Waals surface area contributed by atoms with E-state index in [0.717, 1.165) is 94.2 Å². The van der Waals surface area contributed by atoms with Crippen molar-refractivity contribution in [3.8, 4) is 73.1 Å². The van der Waals surface area contributed by atoms with E-state index < -0.39 is 11.7 Å². The Morgan fingerprint density at radius 2 is 0.685 bits per heavy atom. The molecule has 0 amide bonds. The van der Waals surface area contributed by atoms with Crippen molar-refractivity contribution in [2.24, 2.45) is 0 Å². The van der Waals surface area contributed by atoms with Crippen LogP contribution in [0.15, 0.2) is 200 Å². The zero-order valence-electron chi connectivity index (χ0n) is 41.0. The molecule has 0 saturated heterocycles. The molecule has 0 aliphatic heterocycles. The van der Waals surface area contributed by atoms with E-state index in [0.29, 0.717) is 16.9 Å². The van der Waals surface area contributed by atoms with Gasteiger partial charge in [0.2, 0.25) is 0 Å². The molecule has 352 valence electrons. The molecular weight excluding hydrogens is 904 g/mol. The molecule has 0 saturated carbocycles. The van der Waals surface area contributed by atoms with Crippen molar-refractivity contribution >= 4 is 43.6 Å². The number of hydrogen-bond acceptors (Lipinski definition) is 1. The standard InChI is InChI=1S/C67H48F3N3/c1-40-9-17-45(18-10-40)49-25-29-60-55(33-49)56-34-50(46-19-11-41(2)12-20-46)26-30-61(56)72(60)64-37-53(39-71)54(66-44(5)7-6-8-59(66)67(68,69)70)38-65(64)73-62-31-27-51(47-21-13-42(3)14-22-47)35-57(62)58-36-52(28-32-63(58)73)48-23-15-43(4)16-24-48/h6-38H,1-5H3. The number of halogens is 3. The molecule has 0 N–H and O–H groups in total. The summed E-state index contributed by atoms with van der Waals surface area (Å²) >= 11 is 0. The third kappa shape index (κ3) is 7.86. The predicted molar refractivity (Wildman–Crippen MR) is 296 cm³/mol. The lowest BCUT2D eigenvalue weighted by Gasteiger charge is -2.22. The van der Waals surface area contributed by atoms with E-state index in [-0.39, 0.29) is 16.7 Å². The number of nitriles is 1. The zero-order valence-corrected chi connectivity index (χ0v) is 41.0. The Balaban J connectivity index is 1.22. The third-order valence-electron chi connectivity index (χ3n) is 14.6. The highest BCUT2D eigenvalue weighted by Crippen LogP contribution is 2.46. The lowest BCUT2D eigenvalue weighted by atomic mass is 9.90. The van der Waals surface area contributed by atoms with Crippen LogP contribution >= 0.6 is 0 Å². The van der Waals surface area contributed by atoms with Crippen LogP contribution in [0, 0.1) is 45.9 Å². The Hall–Kier alpha value is -8.92. The van der Waals surface area contributed by atoms with Gasteiger partial charge in [-0.2, -0.15) is 18.4 Å². The quantitative estimate of drug-likeness (QED) is 0.157. The Kier molecular flexibility index (Phi) is 10.8. The average Bonchev–Trinajstić information content (AvgIpc) is 3.90. The van der Waals surface area contributed by atoms with Gasteiger partial charge in [0.05, 0.1) is 50.6 Å². The Morgan fingerprint density at radius 3 is 1.00 bits per heavy atom. The third-order valence-corrected chi connectivity index (χ3v) is 14.6. The molecule has 0 radical (unpaired) electrons. The van der Waals surface area contributed by atoms with Gasteiger partial charge in [0.1, 0.15) is 0 Å². The number of alkyl halides is 3. The van der Waals surface area contributed by atoms with Crippen LogP contribution in [0.1, 0.15) is 38.9 Å². The second-order valence-electron chi connectivity index (χ2n) is 19.6. The molecule has 0 fully saturated rings. The van der Waals surface area contributed by atoms with Gasteiger partial charge < -0.3 is 9.13 Å². The molecule has 2 aromatic heterocycles. The topological polar surface area (TPSA) is 33.6 Å². The van der Waals surface area contributed by atoms with Gasteiger partial charge in [-0.25, -0.2) is 0 Å². The van der Waals surface area contributed by atoms with E-state index >= 15 is 13.2 Å². The van der Waals surface area contributed by atoms with E-state index in [1.54, 1.807) is 19.1 Å². The molecule has 6 heteroatoms. The largest absolute Gasteiger partial charge is 0.417 e. The van der Waals surface area contributed by atoms with Gasteiger partial charge >= 0.3 is 6.18 Å². The van der Waals surface area contributed by atoms with Crippen LogP contribution in [-0.2, 0) is 6.18 Å². The number of aryl methyl sites for hydroxylation is 5. The number of aromatic nitrogens is 2. The summed E-state index contributed by atoms with van der Waals surface area (Å²) in [6.45, 7) is 10.0. The number of benzene rings is 10. The molecule has 10 aromatic carbocycles. The fourth-order valence-corrected chi connectivity index (χ4v) is 10.8. The lowest BCUT2D eigenvalue weighted by Crippen LogP contribution is -2.10. The second kappa shape index (κ2) is 17.4. The Labute approximate surface area is 422 Å². The summed E-state index contributed by atoms with van der Waals surface area (Å²) in [6.07, 6.45) is -4.68. The van der Waals surface area contributed by atoms with E-state index in [2.05, 4.69) is 213 Å². The predicted octanol–water partition coefficient (Wildman–Crippen LogP) is 18.6. The molecule has 0 spiro atoms. The van der Waals surface area contributed by atoms with Gasteiger partial charge in [-0.05, 0) is 157 Å². The van der Waals surface area contributed by atoms with Gasteiger partial charge in [0.15, 0.2) is 0 Å². The van der Waals surface area contributed by atoms with Gasteiger partial charge in [-0.3, -0.25) is 0 Å². The summed E-state index contributed by atoms with van der Waals surface area (Å²) in [5.41, 5.74) is 17.9. The highest BCUT2D eigenvalue weighted by molar-refractivity contribution is 6.14. The zero-order chi connectivity index (χ0) is 50.3. The molecule has 0 unspecified atom stereocenters. The fraction of sp³-hybridized carbons (Fsp3) is 0.0896. The van der Waals surface area contributed by atoms with Gasteiger partial charge in [-0.15, -0.1) is 0 Å². The maximum Gasteiger partial charge on any atom is 0.417 e. The van der Waals surface area contributed by atoms with Crippen LogP contribution in [0.2, 0.25) is 0 Å². The highest BCUT2D eigenvalue weighted by atomic mass is 19.4. The first-order valence-corrected chi connectivity index (χ1v) is 24.5. The van der Waals surface area contributed by atoms with Crippen molar-refractivity contribution in [1.82, 2.24) is 9.13 Å². The van der Waals surface area contributed by atoms with Crippen LogP contribution in [-0.4, -0.2) is 9.13 Å². The van der Waals surface area contributed by atoms with Crippen molar-refractivity contribution in [3.63, 3.8) is 0 Å². The minimum atomic E-state index is -4.68. The number of hydrogen-bond donors (Lipinski definition) is 0. The molecule has 0 aliphatic carbocycles. The molecular formula is C67H48F3N3. The minimum absolute atomic E-state index is 0.0175. The summed E-state index contributed by atoms with van der Waals surface area (Å²) < 4.78 is 50.1. The van der Waals surface area contributed by atoms with Gasteiger partial charge in [0.25, 0.3) is 0 Å². The number of rotatable bonds is 7. The molecule has 3 nitrogen and oxygen atoms in total. The normalized spacial score (nSPS) is 11.8. The molecule has 0 bridgehead atoms. The summed E-state index contributed by atoms with van der Waals surface area (Å²) in [7, 11) is 0. The van der Waals surface area contributed by atoms with Crippen LogP contribution in [0.4, 0.5) is 13.2 Å². The van der Waals surface area contributed by atoms with Crippen LogP contribution in [0.3, 0.4) is 0 Å². The minimum Gasteiger partial charge on any atom is -0.307 e. The molecule has 0 aliphatic rings. The fourth-order valence-electron chi connectivity index (χ4n) is 10.8. The van der Waals surface area contributed by atoms with Crippen LogP contribution in [0.25, 0.3) is 111 Å². The van der Waals surface area contributed by atoms with Crippen molar-refractivity contribution in [3.05, 3.63) is 239 Å². The van der Waals surface area contributed by atoms with E-state index in [9.17, 15) is 5.26 Å². The highest BCUT2D eigenvalue weighted by Gasteiger charge is 2.35. The Morgan fingerprint density at radius 1 is 0.370 bits per heavy atom.